The SMILES string of the molecule is CCOc1c(I)cc(/C=C(\C#N)C(=O)NCc2ccc(OC)cc2)cc1OC. The van der Waals surface area contributed by atoms with Gasteiger partial charge in [-0.25, -0.2) is 0 Å². The third kappa shape index (κ3) is 5.63. The summed E-state index contributed by atoms with van der Waals surface area (Å²) in [5.74, 6) is 1.49. The van der Waals surface area contributed by atoms with E-state index in [-0.39, 0.29) is 5.57 Å². The summed E-state index contributed by atoms with van der Waals surface area (Å²) in [6, 6.07) is 12.9. The van der Waals surface area contributed by atoms with Crippen molar-refractivity contribution in [1.29, 1.82) is 5.26 Å². The highest BCUT2D eigenvalue weighted by atomic mass is 127. The lowest BCUT2D eigenvalue weighted by atomic mass is 10.1. The Morgan fingerprint density at radius 3 is 2.50 bits per heavy atom. The third-order valence-corrected chi connectivity index (χ3v) is 4.63. The highest BCUT2D eigenvalue weighted by Gasteiger charge is 2.13. The fourth-order valence-electron chi connectivity index (χ4n) is 2.44. The van der Waals surface area contributed by atoms with E-state index in [9.17, 15) is 10.1 Å². The summed E-state index contributed by atoms with van der Waals surface area (Å²) < 4.78 is 16.9. The van der Waals surface area contributed by atoms with Crippen LogP contribution in [0.2, 0.25) is 0 Å². The van der Waals surface area contributed by atoms with Gasteiger partial charge in [-0.2, -0.15) is 5.26 Å². The number of methoxy groups -OCH3 is 2. The minimum absolute atomic E-state index is 0.00975. The average molecular weight is 492 g/mol. The van der Waals surface area contributed by atoms with Gasteiger partial charge < -0.3 is 19.5 Å². The van der Waals surface area contributed by atoms with Gasteiger partial charge in [-0.15, -0.1) is 0 Å². The van der Waals surface area contributed by atoms with E-state index in [1.54, 1.807) is 20.3 Å². The van der Waals surface area contributed by atoms with Crippen molar-refractivity contribution in [2.24, 2.45) is 0 Å². The van der Waals surface area contributed by atoms with E-state index in [1.807, 2.05) is 43.3 Å². The maximum Gasteiger partial charge on any atom is 0.262 e. The van der Waals surface area contributed by atoms with E-state index < -0.39 is 5.91 Å². The highest BCUT2D eigenvalue weighted by Crippen LogP contribution is 2.34. The summed E-state index contributed by atoms with van der Waals surface area (Å²) >= 11 is 2.14. The standard InChI is InChI=1S/C21H21IN2O4/c1-4-28-20-18(22)10-15(11-19(20)27-3)9-16(12-23)21(25)24-13-14-5-7-17(26-2)8-6-14/h5-11H,4,13H2,1-3H3,(H,24,25)/b16-9+. The Labute approximate surface area is 178 Å². The molecule has 2 aromatic carbocycles. The Morgan fingerprint density at radius 1 is 1.21 bits per heavy atom. The smallest absolute Gasteiger partial charge is 0.262 e. The maximum absolute atomic E-state index is 12.4. The van der Waals surface area contributed by atoms with Crippen molar-refractivity contribution in [2.45, 2.75) is 13.5 Å². The Balaban J connectivity index is 2.16. The van der Waals surface area contributed by atoms with Crippen LogP contribution in [0.3, 0.4) is 0 Å². The summed E-state index contributed by atoms with van der Waals surface area (Å²) in [5.41, 5.74) is 1.60. The molecule has 0 aliphatic heterocycles. The number of hydrogen-bond acceptors (Lipinski definition) is 5. The molecule has 0 bridgehead atoms. The van der Waals surface area contributed by atoms with Crippen LogP contribution in [-0.2, 0) is 11.3 Å². The number of ether oxygens (including phenoxy) is 3. The molecule has 0 aromatic heterocycles. The molecular weight excluding hydrogens is 471 g/mol. The molecule has 0 spiro atoms. The summed E-state index contributed by atoms with van der Waals surface area (Å²) in [6.45, 7) is 2.72. The molecule has 0 aliphatic rings. The van der Waals surface area contributed by atoms with E-state index in [4.69, 9.17) is 14.2 Å². The molecule has 1 N–H and O–H groups in total. The molecule has 2 rings (SSSR count). The molecule has 0 unspecified atom stereocenters. The Bertz CT molecular complexity index is 902. The zero-order valence-corrected chi connectivity index (χ0v) is 18.1. The van der Waals surface area contributed by atoms with Crippen LogP contribution < -0.4 is 19.5 Å². The molecule has 0 atom stereocenters. The minimum atomic E-state index is -0.443. The molecule has 0 heterocycles. The fourth-order valence-corrected chi connectivity index (χ4v) is 3.22. The molecular formula is C21H21IN2O4. The van der Waals surface area contributed by atoms with Gasteiger partial charge in [-0.3, -0.25) is 4.79 Å². The number of halogens is 1. The van der Waals surface area contributed by atoms with Crippen molar-refractivity contribution in [3.63, 3.8) is 0 Å². The molecule has 1 amide bonds. The minimum Gasteiger partial charge on any atom is -0.497 e. The van der Waals surface area contributed by atoms with Crippen LogP contribution in [0.5, 0.6) is 17.2 Å². The molecule has 0 fully saturated rings. The zero-order chi connectivity index (χ0) is 20.5. The quantitative estimate of drug-likeness (QED) is 0.343. The first-order valence-electron chi connectivity index (χ1n) is 8.55. The number of rotatable bonds is 8. The number of carbonyl (C=O) groups excluding carboxylic acids is 1. The molecule has 7 heteroatoms. The summed E-state index contributed by atoms with van der Waals surface area (Å²) in [6.07, 6.45) is 1.53. The second kappa shape index (κ2) is 10.6. The van der Waals surface area contributed by atoms with E-state index in [2.05, 4.69) is 27.9 Å². The first-order chi connectivity index (χ1) is 13.5. The Kier molecular flexibility index (Phi) is 8.14. The van der Waals surface area contributed by atoms with Crippen LogP contribution in [-0.4, -0.2) is 26.7 Å². The van der Waals surface area contributed by atoms with Gasteiger partial charge in [0.15, 0.2) is 11.5 Å². The molecule has 0 radical (unpaired) electrons. The van der Waals surface area contributed by atoms with Crippen molar-refractivity contribution < 1.29 is 19.0 Å². The van der Waals surface area contributed by atoms with E-state index >= 15 is 0 Å². The lowest BCUT2D eigenvalue weighted by Gasteiger charge is -2.12. The van der Waals surface area contributed by atoms with Crippen molar-refractivity contribution in [1.82, 2.24) is 5.32 Å². The largest absolute Gasteiger partial charge is 0.497 e. The lowest BCUT2D eigenvalue weighted by molar-refractivity contribution is -0.117. The summed E-state index contributed by atoms with van der Waals surface area (Å²) in [7, 11) is 3.14. The molecule has 0 saturated heterocycles. The normalized spacial score (nSPS) is 10.8. The van der Waals surface area contributed by atoms with Gasteiger partial charge in [0.1, 0.15) is 17.4 Å². The second-order valence-corrected chi connectivity index (χ2v) is 6.83. The fraction of sp³-hybridized carbons (Fsp3) is 0.238. The highest BCUT2D eigenvalue weighted by molar-refractivity contribution is 14.1. The van der Waals surface area contributed by atoms with Gasteiger partial charge in [-0.05, 0) is 71.0 Å². The van der Waals surface area contributed by atoms with Crippen molar-refractivity contribution >= 4 is 34.6 Å². The predicted molar refractivity (Wildman–Crippen MR) is 115 cm³/mol. The number of hydrogen-bond donors (Lipinski definition) is 1. The molecule has 28 heavy (non-hydrogen) atoms. The number of nitrogens with one attached hydrogen (secondary N) is 1. The summed E-state index contributed by atoms with van der Waals surface area (Å²) in [4.78, 5) is 12.4. The van der Waals surface area contributed by atoms with Crippen LogP contribution in [0.4, 0.5) is 0 Å². The van der Waals surface area contributed by atoms with Crippen molar-refractivity contribution in [2.75, 3.05) is 20.8 Å². The number of nitrogens with zero attached hydrogens (tertiary/aromatic N) is 1. The van der Waals surface area contributed by atoms with Crippen LogP contribution >= 0.6 is 22.6 Å². The maximum atomic E-state index is 12.4. The first-order valence-corrected chi connectivity index (χ1v) is 9.63. The van der Waals surface area contributed by atoms with Gasteiger partial charge >= 0.3 is 0 Å². The van der Waals surface area contributed by atoms with Gasteiger partial charge in [0.2, 0.25) is 0 Å². The Morgan fingerprint density at radius 2 is 1.93 bits per heavy atom. The van der Waals surface area contributed by atoms with Gasteiger partial charge in [0, 0.05) is 6.54 Å². The first kappa shape index (κ1) is 21.6. The van der Waals surface area contributed by atoms with E-state index in [0.717, 1.165) is 14.9 Å². The van der Waals surface area contributed by atoms with E-state index in [1.165, 1.54) is 6.08 Å². The number of amides is 1. The molecule has 6 nitrogen and oxygen atoms in total. The third-order valence-electron chi connectivity index (χ3n) is 3.83. The van der Waals surface area contributed by atoms with Crippen LogP contribution in [0.1, 0.15) is 18.1 Å². The topological polar surface area (TPSA) is 80.6 Å². The molecule has 0 saturated carbocycles. The van der Waals surface area contributed by atoms with Crippen molar-refractivity contribution in [3.05, 3.63) is 56.7 Å². The second-order valence-electron chi connectivity index (χ2n) is 5.67. The molecule has 0 aliphatic carbocycles. The predicted octanol–water partition coefficient (Wildman–Crippen LogP) is 3.93. The van der Waals surface area contributed by atoms with Crippen LogP contribution in [0, 0.1) is 14.9 Å². The van der Waals surface area contributed by atoms with E-state index in [0.29, 0.717) is 30.2 Å². The number of nitriles is 1. The molecule has 2 aromatic rings. The monoisotopic (exact) mass is 492 g/mol. The summed E-state index contributed by atoms with van der Waals surface area (Å²) in [5, 5.41) is 12.2. The number of benzene rings is 2. The van der Waals surface area contributed by atoms with Crippen LogP contribution in [0.25, 0.3) is 6.08 Å². The van der Waals surface area contributed by atoms with Crippen molar-refractivity contribution in [3.8, 4) is 23.3 Å². The van der Waals surface area contributed by atoms with Gasteiger partial charge in [-0.1, -0.05) is 12.1 Å². The Hall–Kier alpha value is -2.73. The van der Waals surface area contributed by atoms with Gasteiger partial charge in [0.05, 0.1) is 24.4 Å². The van der Waals surface area contributed by atoms with Crippen LogP contribution in [0.15, 0.2) is 42.0 Å². The lowest BCUT2D eigenvalue weighted by Crippen LogP contribution is -2.23. The van der Waals surface area contributed by atoms with Gasteiger partial charge in [0.25, 0.3) is 5.91 Å². The number of carbonyl (C=O) groups is 1. The average Bonchev–Trinajstić information content (AvgIpc) is 2.72. The zero-order valence-electron chi connectivity index (χ0n) is 15.9. The molecule has 146 valence electrons.